The molecule has 0 aromatic heterocycles. The van der Waals surface area contributed by atoms with Crippen molar-refractivity contribution in [3.8, 4) is 0 Å². The smallest absolute Gasteiger partial charge is 0.321 e. The molecule has 1 saturated heterocycles. The second-order valence-corrected chi connectivity index (χ2v) is 7.31. The fourth-order valence-electron chi connectivity index (χ4n) is 3.16. The van der Waals surface area contributed by atoms with Crippen molar-refractivity contribution >= 4 is 17.8 Å². The number of nitrogens with one attached hydrogen (secondary N) is 3. The average Bonchev–Trinajstić information content (AvgIpc) is 2.65. The van der Waals surface area contributed by atoms with Crippen molar-refractivity contribution in [2.75, 3.05) is 13.1 Å². The Hall–Kier alpha value is -2.41. The molecule has 1 heterocycles. The lowest BCUT2D eigenvalue weighted by molar-refractivity contribution is -0.128. The van der Waals surface area contributed by atoms with Gasteiger partial charge >= 0.3 is 6.03 Å². The predicted octanol–water partition coefficient (Wildman–Crippen LogP) is 1.64. The number of piperidine rings is 1. The largest absolute Gasteiger partial charge is 0.352 e. The Kier molecular flexibility index (Phi) is 7.79. The lowest BCUT2D eigenvalue weighted by Gasteiger charge is -2.34. The van der Waals surface area contributed by atoms with E-state index < -0.39 is 12.1 Å². The van der Waals surface area contributed by atoms with Crippen LogP contribution in [0.3, 0.4) is 0 Å². The van der Waals surface area contributed by atoms with E-state index in [1.54, 1.807) is 6.92 Å². The number of carbonyl (C=O) groups is 3. The van der Waals surface area contributed by atoms with Crippen molar-refractivity contribution < 1.29 is 14.4 Å². The lowest BCUT2D eigenvalue weighted by Crippen LogP contribution is -2.53. The van der Waals surface area contributed by atoms with Gasteiger partial charge in [0.2, 0.25) is 11.8 Å². The summed E-state index contributed by atoms with van der Waals surface area (Å²) in [5.41, 5.74) is 1.08. The van der Waals surface area contributed by atoms with Gasteiger partial charge in [-0.05, 0) is 52.3 Å². The molecule has 4 amide bonds. The van der Waals surface area contributed by atoms with Gasteiger partial charge in [0.05, 0.1) is 6.04 Å². The number of likely N-dealkylation sites (tertiary alicyclic amines) is 1. The van der Waals surface area contributed by atoms with E-state index in [0.717, 1.165) is 5.56 Å². The molecular formula is C20H30N4O3. The fraction of sp³-hybridized carbons (Fsp3) is 0.550. The van der Waals surface area contributed by atoms with Crippen LogP contribution in [0.25, 0.3) is 0 Å². The molecule has 148 valence electrons. The molecule has 1 aromatic carbocycles. The van der Waals surface area contributed by atoms with E-state index >= 15 is 0 Å². The summed E-state index contributed by atoms with van der Waals surface area (Å²) in [6.07, 6.45) is 1.41. The van der Waals surface area contributed by atoms with Gasteiger partial charge in [-0.25, -0.2) is 4.79 Å². The summed E-state index contributed by atoms with van der Waals surface area (Å²) in [5, 5.41) is 8.00. The highest BCUT2D eigenvalue weighted by Gasteiger charge is 2.30. The van der Waals surface area contributed by atoms with Crippen LogP contribution in [0.15, 0.2) is 30.3 Å². The molecule has 7 heteroatoms. The molecule has 1 fully saturated rings. The van der Waals surface area contributed by atoms with Crippen molar-refractivity contribution in [2.45, 2.75) is 52.2 Å². The van der Waals surface area contributed by atoms with Crippen molar-refractivity contribution in [1.82, 2.24) is 20.9 Å². The van der Waals surface area contributed by atoms with Crippen LogP contribution in [0.1, 0.15) is 39.2 Å². The summed E-state index contributed by atoms with van der Waals surface area (Å²) >= 11 is 0. The van der Waals surface area contributed by atoms with Crippen LogP contribution in [-0.2, 0) is 16.1 Å². The molecule has 1 atom stereocenters. The first-order valence-electron chi connectivity index (χ1n) is 9.54. The zero-order valence-electron chi connectivity index (χ0n) is 16.3. The Morgan fingerprint density at radius 1 is 1.07 bits per heavy atom. The van der Waals surface area contributed by atoms with E-state index in [-0.39, 0.29) is 23.8 Å². The Morgan fingerprint density at radius 2 is 1.70 bits per heavy atom. The van der Waals surface area contributed by atoms with Crippen molar-refractivity contribution in [2.24, 2.45) is 5.92 Å². The van der Waals surface area contributed by atoms with Crippen molar-refractivity contribution in [1.29, 1.82) is 0 Å². The second kappa shape index (κ2) is 10.1. The summed E-state index contributed by atoms with van der Waals surface area (Å²) < 4.78 is 0. The summed E-state index contributed by atoms with van der Waals surface area (Å²) in [4.78, 5) is 38.3. The van der Waals surface area contributed by atoms with Gasteiger partial charge in [-0.3, -0.25) is 19.8 Å². The molecule has 3 N–H and O–H groups in total. The molecule has 1 unspecified atom stereocenters. The summed E-state index contributed by atoms with van der Waals surface area (Å²) in [5.74, 6) is -0.295. The topological polar surface area (TPSA) is 90.5 Å². The summed E-state index contributed by atoms with van der Waals surface area (Å²) in [6.45, 7) is 7.30. The number of rotatable bonds is 6. The van der Waals surface area contributed by atoms with E-state index in [9.17, 15) is 14.4 Å². The third-order valence-electron chi connectivity index (χ3n) is 4.79. The van der Waals surface area contributed by atoms with E-state index in [1.165, 1.54) is 0 Å². The standard InChI is InChI=1S/C20H30N4O3/c1-14(2)22-20(27)23-18(25)15(3)24-11-9-17(10-12-24)19(26)21-13-16-7-5-4-6-8-16/h4-8,14-15,17H,9-13H2,1-3H3,(H,21,26)(H2,22,23,25,27). The maximum absolute atomic E-state index is 12.4. The van der Waals surface area contributed by atoms with E-state index in [2.05, 4.69) is 16.0 Å². The average molecular weight is 374 g/mol. The van der Waals surface area contributed by atoms with Crippen LogP contribution >= 0.6 is 0 Å². The molecule has 0 aliphatic carbocycles. The van der Waals surface area contributed by atoms with Crippen LogP contribution in [0.2, 0.25) is 0 Å². The number of amides is 4. The quantitative estimate of drug-likeness (QED) is 0.706. The van der Waals surface area contributed by atoms with Crippen molar-refractivity contribution in [3.05, 3.63) is 35.9 Å². The zero-order chi connectivity index (χ0) is 19.8. The minimum Gasteiger partial charge on any atom is -0.352 e. The van der Waals surface area contributed by atoms with Gasteiger partial charge < -0.3 is 10.6 Å². The maximum atomic E-state index is 12.4. The van der Waals surface area contributed by atoms with E-state index in [4.69, 9.17) is 0 Å². The molecule has 0 bridgehead atoms. The first kappa shape index (κ1) is 20.9. The monoisotopic (exact) mass is 374 g/mol. The first-order chi connectivity index (χ1) is 12.9. The number of imide groups is 1. The third kappa shape index (κ3) is 6.67. The number of benzene rings is 1. The van der Waals surface area contributed by atoms with Crippen LogP contribution in [0.4, 0.5) is 4.79 Å². The molecule has 1 aliphatic rings. The molecule has 1 aromatic rings. The minimum absolute atomic E-state index is 0.0294. The van der Waals surface area contributed by atoms with Crippen LogP contribution in [-0.4, -0.2) is 47.9 Å². The van der Waals surface area contributed by atoms with Crippen LogP contribution in [0.5, 0.6) is 0 Å². The SMILES string of the molecule is CC(C)NC(=O)NC(=O)C(C)N1CCC(C(=O)NCc2ccccc2)CC1. The molecule has 0 saturated carbocycles. The normalized spacial score (nSPS) is 16.6. The molecule has 27 heavy (non-hydrogen) atoms. The molecular weight excluding hydrogens is 344 g/mol. The molecule has 2 rings (SSSR count). The van der Waals surface area contributed by atoms with Gasteiger partial charge in [-0.2, -0.15) is 0 Å². The number of hydrogen-bond donors (Lipinski definition) is 3. The fourth-order valence-corrected chi connectivity index (χ4v) is 3.16. The van der Waals surface area contributed by atoms with Gasteiger partial charge in [0.25, 0.3) is 0 Å². The number of urea groups is 1. The number of hydrogen-bond acceptors (Lipinski definition) is 4. The zero-order valence-corrected chi connectivity index (χ0v) is 16.3. The molecule has 0 radical (unpaired) electrons. The molecule has 0 spiro atoms. The van der Waals surface area contributed by atoms with E-state index in [1.807, 2.05) is 49.1 Å². The number of nitrogens with zero attached hydrogens (tertiary/aromatic N) is 1. The minimum atomic E-state index is -0.475. The van der Waals surface area contributed by atoms with Crippen LogP contribution < -0.4 is 16.0 Å². The maximum Gasteiger partial charge on any atom is 0.321 e. The van der Waals surface area contributed by atoms with Gasteiger partial charge in [-0.15, -0.1) is 0 Å². The lowest BCUT2D eigenvalue weighted by atomic mass is 9.95. The highest BCUT2D eigenvalue weighted by Crippen LogP contribution is 2.19. The van der Waals surface area contributed by atoms with Crippen molar-refractivity contribution in [3.63, 3.8) is 0 Å². The molecule has 7 nitrogen and oxygen atoms in total. The first-order valence-corrected chi connectivity index (χ1v) is 9.54. The van der Waals surface area contributed by atoms with Gasteiger partial charge in [0, 0.05) is 18.5 Å². The summed E-state index contributed by atoms with van der Waals surface area (Å²) in [6, 6.07) is 8.91. The van der Waals surface area contributed by atoms with Crippen LogP contribution in [0, 0.1) is 5.92 Å². The highest BCUT2D eigenvalue weighted by atomic mass is 16.2. The van der Waals surface area contributed by atoms with Gasteiger partial charge in [0.1, 0.15) is 0 Å². The number of carbonyl (C=O) groups excluding carboxylic acids is 3. The Balaban J connectivity index is 1.74. The highest BCUT2D eigenvalue weighted by molar-refractivity contribution is 5.96. The molecule has 1 aliphatic heterocycles. The Labute approximate surface area is 160 Å². The third-order valence-corrected chi connectivity index (χ3v) is 4.79. The Bertz CT molecular complexity index is 640. The second-order valence-electron chi connectivity index (χ2n) is 7.31. The summed E-state index contributed by atoms with van der Waals surface area (Å²) in [7, 11) is 0. The predicted molar refractivity (Wildman–Crippen MR) is 104 cm³/mol. The van der Waals surface area contributed by atoms with Gasteiger partial charge in [0.15, 0.2) is 0 Å². The Morgan fingerprint density at radius 3 is 2.30 bits per heavy atom. The van der Waals surface area contributed by atoms with E-state index in [0.29, 0.717) is 32.5 Å². The van der Waals surface area contributed by atoms with Gasteiger partial charge in [-0.1, -0.05) is 30.3 Å².